The number of guanidine groups is 1. The molecule has 0 spiro atoms. The van der Waals surface area contributed by atoms with Crippen LogP contribution in [-0.4, -0.2) is 54.8 Å². The summed E-state index contributed by atoms with van der Waals surface area (Å²) in [6.45, 7) is 7.97. The predicted octanol–water partition coefficient (Wildman–Crippen LogP) is 2.85. The summed E-state index contributed by atoms with van der Waals surface area (Å²) >= 11 is 2.05. The third-order valence-corrected chi connectivity index (χ3v) is 6.66. The highest BCUT2D eigenvalue weighted by atomic mass is 32.2. The van der Waals surface area contributed by atoms with E-state index in [1.165, 1.54) is 18.4 Å². The third kappa shape index (κ3) is 3.41. The topological polar surface area (TPSA) is 46.1 Å². The van der Waals surface area contributed by atoms with Crippen molar-refractivity contribution in [3.8, 4) is 11.5 Å². The summed E-state index contributed by atoms with van der Waals surface area (Å²) in [6.07, 6.45) is 2.41. The fraction of sp³-hybridized carbons (Fsp3) is 0.632. The second kappa shape index (κ2) is 6.31. The van der Waals surface area contributed by atoms with Gasteiger partial charge in [-0.1, -0.05) is 6.07 Å². The Morgan fingerprint density at radius 2 is 2.08 bits per heavy atom. The van der Waals surface area contributed by atoms with E-state index in [2.05, 4.69) is 41.2 Å². The second-order valence-corrected chi connectivity index (χ2v) is 9.58. The predicted molar refractivity (Wildman–Crippen MR) is 103 cm³/mol. The summed E-state index contributed by atoms with van der Waals surface area (Å²) < 4.78 is 11.3. The maximum Gasteiger partial charge on any atom is 0.231 e. The fourth-order valence-corrected chi connectivity index (χ4v) is 4.83. The number of thioether (sulfide) groups is 1. The lowest BCUT2D eigenvalue weighted by atomic mass is 9.95. The smallest absolute Gasteiger partial charge is 0.231 e. The number of rotatable bonds is 3. The van der Waals surface area contributed by atoms with Crippen molar-refractivity contribution in [1.29, 1.82) is 0 Å². The quantitative estimate of drug-likeness (QED) is 0.663. The van der Waals surface area contributed by atoms with Gasteiger partial charge >= 0.3 is 0 Å². The highest BCUT2D eigenvalue weighted by Gasteiger charge is 2.45. The summed E-state index contributed by atoms with van der Waals surface area (Å²) in [4.78, 5) is 6.93. The molecule has 4 rings (SSSR count). The van der Waals surface area contributed by atoms with E-state index >= 15 is 0 Å². The van der Waals surface area contributed by atoms with Gasteiger partial charge in [-0.2, -0.15) is 11.8 Å². The number of nitrogens with one attached hydrogen (secondary N) is 1. The molecule has 1 saturated carbocycles. The zero-order valence-corrected chi connectivity index (χ0v) is 16.1. The molecular weight excluding hydrogens is 334 g/mol. The lowest BCUT2D eigenvalue weighted by molar-refractivity contribution is 0.174. The van der Waals surface area contributed by atoms with Crippen LogP contribution in [0.15, 0.2) is 23.2 Å². The summed E-state index contributed by atoms with van der Waals surface area (Å²) in [7, 11) is 1.89. The van der Waals surface area contributed by atoms with Crippen LogP contribution < -0.4 is 14.8 Å². The standard InChI is InChI=1S/C19H27N3O2S/c1-18(2)12-22(8-9-25-18)17(20-3)21-11-19(6-7-19)14-4-5-15-16(10-14)24-13-23-15/h4-5,10H,6-9,11-13H2,1-3H3,(H,20,21). The molecule has 0 bridgehead atoms. The number of benzene rings is 1. The monoisotopic (exact) mass is 361 g/mol. The number of hydrogen-bond acceptors (Lipinski definition) is 4. The number of nitrogens with zero attached hydrogens (tertiary/aromatic N) is 2. The molecule has 3 aliphatic rings. The third-order valence-electron chi connectivity index (χ3n) is 5.36. The lowest BCUT2D eigenvalue weighted by Gasteiger charge is -2.39. The molecule has 1 aliphatic carbocycles. The van der Waals surface area contributed by atoms with E-state index in [-0.39, 0.29) is 10.2 Å². The Bertz CT molecular complexity index is 685. The van der Waals surface area contributed by atoms with Crippen LogP contribution in [0.5, 0.6) is 11.5 Å². The van der Waals surface area contributed by atoms with Gasteiger partial charge in [0.15, 0.2) is 17.5 Å². The van der Waals surface area contributed by atoms with Crippen molar-refractivity contribution in [3.63, 3.8) is 0 Å². The molecule has 0 amide bonds. The molecule has 0 radical (unpaired) electrons. The van der Waals surface area contributed by atoms with Crippen molar-refractivity contribution >= 4 is 17.7 Å². The van der Waals surface area contributed by atoms with E-state index in [4.69, 9.17) is 9.47 Å². The molecule has 0 unspecified atom stereocenters. The first-order valence-electron chi connectivity index (χ1n) is 9.01. The molecule has 0 aromatic heterocycles. The summed E-state index contributed by atoms with van der Waals surface area (Å²) in [5.41, 5.74) is 1.55. The van der Waals surface area contributed by atoms with Crippen LogP contribution in [-0.2, 0) is 5.41 Å². The first-order chi connectivity index (χ1) is 12.0. The van der Waals surface area contributed by atoms with Crippen LogP contribution in [0.1, 0.15) is 32.3 Å². The van der Waals surface area contributed by atoms with Gasteiger partial charge in [0.05, 0.1) is 0 Å². The molecule has 2 fully saturated rings. The molecular formula is C19H27N3O2S. The van der Waals surface area contributed by atoms with Crippen molar-refractivity contribution in [2.45, 2.75) is 36.9 Å². The minimum atomic E-state index is 0.205. The average molecular weight is 362 g/mol. The molecule has 0 atom stereocenters. The average Bonchev–Trinajstić information content (AvgIpc) is 3.23. The van der Waals surface area contributed by atoms with E-state index in [1.54, 1.807) is 0 Å². The van der Waals surface area contributed by atoms with Crippen LogP contribution in [0.3, 0.4) is 0 Å². The summed E-state index contributed by atoms with van der Waals surface area (Å²) in [5.74, 6) is 3.92. The Morgan fingerprint density at radius 3 is 2.80 bits per heavy atom. The zero-order chi connectivity index (χ0) is 17.5. The first kappa shape index (κ1) is 16.9. The molecule has 6 heteroatoms. The molecule has 2 heterocycles. The molecule has 2 aliphatic heterocycles. The highest BCUT2D eigenvalue weighted by Crippen LogP contribution is 2.50. The van der Waals surface area contributed by atoms with Crippen molar-refractivity contribution in [1.82, 2.24) is 10.2 Å². The largest absolute Gasteiger partial charge is 0.454 e. The van der Waals surface area contributed by atoms with Crippen LogP contribution in [0.4, 0.5) is 0 Å². The van der Waals surface area contributed by atoms with Gasteiger partial charge in [0.1, 0.15) is 0 Å². The first-order valence-corrected chi connectivity index (χ1v) is 10.00. The van der Waals surface area contributed by atoms with Crippen LogP contribution in [0.25, 0.3) is 0 Å². The van der Waals surface area contributed by atoms with Gasteiger partial charge in [-0.25, -0.2) is 0 Å². The lowest BCUT2D eigenvalue weighted by Crippen LogP contribution is -2.52. The van der Waals surface area contributed by atoms with E-state index in [9.17, 15) is 0 Å². The summed E-state index contributed by atoms with van der Waals surface area (Å²) in [5, 5.41) is 3.64. The Balaban J connectivity index is 1.43. The van der Waals surface area contributed by atoms with Gasteiger partial charge in [0, 0.05) is 42.6 Å². The van der Waals surface area contributed by atoms with Gasteiger partial charge in [-0.3, -0.25) is 4.99 Å². The van der Waals surface area contributed by atoms with Gasteiger partial charge in [0.2, 0.25) is 6.79 Å². The highest BCUT2D eigenvalue weighted by molar-refractivity contribution is 8.00. The van der Waals surface area contributed by atoms with Gasteiger partial charge in [-0.15, -0.1) is 0 Å². The van der Waals surface area contributed by atoms with Crippen LogP contribution >= 0.6 is 11.8 Å². The Kier molecular flexibility index (Phi) is 4.26. The number of fused-ring (bicyclic) bond motifs is 1. The Labute approximate surface area is 154 Å². The van der Waals surface area contributed by atoms with Gasteiger partial charge in [-0.05, 0) is 44.4 Å². The number of hydrogen-bond donors (Lipinski definition) is 1. The maximum absolute atomic E-state index is 5.55. The van der Waals surface area contributed by atoms with E-state index in [0.717, 1.165) is 42.8 Å². The number of aliphatic imine (C=N–C) groups is 1. The number of ether oxygens (including phenoxy) is 2. The maximum atomic E-state index is 5.55. The van der Waals surface area contributed by atoms with Crippen molar-refractivity contribution in [3.05, 3.63) is 23.8 Å². The molecule has 1 aromatic rings. The SMILES string of the molecule is CN=C(NCC1(c2ccc3c(c2)OCO3)CC1)N1CCSC(C)(C)C1. The van der Waals surface area contributed by atoms with E-state index in [0.29, 0.717) is 6.79 Å². The van der Waals surface area contributed by atoms with Crippen LogP contribution in [0, 0.1) is 0 Å². The van der Waals surface area contributed by atoms with Crippen molar-refractivity contribution in [2.75, 3.05) is 39.2 Å². The molecule has 5 nitrogen and oxygen atoms in total. The van der Waals surface area contributed by atoms with Crippen LogP contribution in [0.2, 0.25) is 0 Å². The fourth-order valence-electron chi connectivity index (χ4n) is 3.72. The van der Waals surface area contributed by atoms with Gasteiger partial charge in [0.25, 0.3) is 0 Å². The van der Waals surface area contributed by atoms with E-state index in [1.807, 2.05) is 24.9 Å². The van der Waals surface area contributed by atoms with Gasteiger partial charge < -0.3 is 19.7 Å². The minimum Gasteiger partial charge on any atom is -0.454 e. The molecule has 136 valence electrons. The second-order valence-electron chi connectivity index (χ2n) is 7.78. The van der Waals surface area contributed by atoms with Crippen molar-refractivity contribution in [2.24, 2.45) is 4.99 Å². The summed E-state index contributed by atoms with van der Waals surface area (Å²) in [6, 6.07) is 6.38. The van der Waals surface area contributed by atoms with E-state index < -0.39 is 0 Å². The molecule has 25 heavy (non-hydrogen) atoms. The molecule has 1 N–H and O–H groups in total. The minimum absolute atomic E-state index is 0.205. The molecule has 1 aromatic carbocycles. The molecule has 1 saturated heterocycles. The van der Waals surface area contributed by atoms with Crippen molar-refractivity contribution < 1.29 is 9.47 Å². The zero-order valence-electron chi connectivity index (χ0n) is 15.3. The Morgan fingerprint density at radius 1 is 1.28 bits per heavy atom. The Hall–Kier alpha value is -1.56. The normalized spacial score (nSPS) is 23.5.